The molecular weight excluding hydrogens is 288 g/mol. The predicted octanol–water partition coefficient (Wildman–Crippen LogP) is 4.38. The molecule has 0 spiro atoms. The third-order valence-electron chi connectivity index (χ3n) is 3.65. The number of aromatic nitrogens is 1. The fraction of sp³-hybridized carbons (Fsp3) is 0.158. The Morgan fingerprint density at radius 3 is 2.70 bits per heavy atom. The van der Waals surface area contributed by atoms with Gasteiger partial charge in [-0.3, -0.25) is 4.98 Å². The van der Waals surface area contributed by atoms with Crippen LogP contribution in [0.25, 0.3) is 10.9 Å². The fourth-order valence-electron chi connectivity index (χ4n) is 2.57. The number of nitrogens with one attached hydrogen (secondary N) is 1. The van der Waals surface area contributed by atoms with Crippen molar-refractivity contribution >= 4 is 28.2 Å². The number of benzene rings is 2. The summed E-state index contributed by atoms with van der Waals surface area (Å²) < 4.78 is 4.77. The van der Waals surface area contributed by atoms with Crippen LogP contribution in [0.2, 0.25) is 0 Å². The van der Waals surface area contributed by atoms with E-state index in [0.717, 1.165) is 28.0 Å². The van der Waals surface area contributed by atoms with Gasteiger partial charge in [0.05, 0.1) is 18.2 Å². The van der Waals surface area contributed by atoms with Gasteiger partial charge in [0.15, 0.2) is 0 Å². The maximum atomic E-state index is 11.7. The number of hydrogen-bond donors (Lipinski definition) is 1. The van der Waals surface area contributed by atoms with Crippen LogP contribution in [0.1, 0.15) is 21.6 Å². The molecule has 0 fully saturated rings. The molecule has 0 aliphatic carbocycles. The highest BCUT2D eigenvalue weighted by molar-refractivity contribution is 5.95. The molecule has 0 radical (unpaired) electrons. The minimum atomic E-state index is -0.347. The van der Waals surface area contributed by atoms with Crippen LogP contribution in [0, 0.1) is 13.8 Å². The summed E-state index contributed by atoms with van der Waals surface area (Å²) in [5, 5.41) is 4.44. The first-order chi connectivity index (χ1) is 11.1. The van der Waals surface area contributed by atoms with Crippen LogP contribution < -0.4 is 5.32 Å². The van der Waals surface area contributed by atoms with Crippen molar-refractivity contribution in [3.63, 3.8) is 0 Å². The molecule has 0 aliphatic heterocycles. The topological polar surface area (TPSA) is 51.2 Å². The van der Waals surface area contributed by atoms with Crippen LogP contribution in [0.5, 0.6) is 0 Å². The number of hydrogen-bond acceptors (Lipinski definition) is 4. The highest BCUT2D eigenvalue weighted by Gasteiger charge is 2.08. The summed E-state index contributed by atoms with van der Waals surface area (Å²) in [5.41, 5.74) is 5.38. The molecule has 4 nitrogen and oxygen atoms in total. The molecule has 23 heavy (non-hydrogen) atoms. The molecule has 1 N–H and O–H groups in total. The summed E-state index contributed by atoms with van der Waals surface area (Å²) >= 11 is 0. The maximum absolute atomic E-state index is 11.7. The van der Waals surface area contributed by atoms with Gasteiger partial charge in [-0.2, -0.15) is 0 Å². The van der Waals surface area contributed by atoms with Crippen LogP contribution in [-0.4, -0.2) is 18.1 Å². The van der Waals surface area contributed by atoms with E-state index in [4.69, 9.17) is 4.74 Å². The second-order valence-corrected chi connectivity index (χ2v) is 5.53. The van der Waals surface area contributed by atoms with Crippen molar-refractivity contribution in [3.8, 4) is 0 Å². The average Bonchev–Trinajstić information content (AvgIpc) is 2.55. The molecule has 116 valence electrons. The van der Waals surface area contributed by atoms with Crippen molar-refractivity contribution in [3.05, 3.63) is 65.4 Å². The van der Waals surface area contributed by atoms with E-state index in [1.54, 1.807) is 12.1 Å². The molecule has 0 atom stereocenters. The molecule has 0 saturated heterocycles. The number of carbonyl (C=O) groups excluding carboxylic acids is 1. The molecule has 4 heteroatoms. The van der Waals surface area contributed by atoms with Crippen molar-refractivity contribution < 1.29 is 9.53 Å². The molecule has 0 bridgehead atoms. The molecule has 2 aromatic carbocycles. The smallest absolute Gasteiger partial charge is 0.337 e. The zero-order valence-corrected chi connectivity index (χ0v) is 13.4. The molecule has 0 unspecified atom stereocenters. The number of methoxy groups -OCH3 is 1. The van der Waals surface area contributed by atoms with Gasteiger partial charge in [0.2, 0.25) is 0 Å². The van der Waals surface area contributed by atoms with Crippen molar-refractivity contribution in [1.82, 2.24) is 4.98 Å². The first kappa shape index (κ1) is 15.0. The molecule has 0 aliphatic rings. The molecule has 3 aromatic rings. The molecule has 0 amide bonds. The Kier molecular flexibility index (Phi) is 3.98. The van der Waals surface area contributed by atoms with E-state index < -0.39 is 0 Å². The monoisotopic (exact) mass is 306 g/mol. The van der Waals surface area contributed by atoms with Crippen molar-refractivity contribution in [2.75, 3.05) is 12.4 Å². The fourth-order valence-corrected chi connectivity index (χ4v) is 2.57. The maximum Gasteiger partial charge on any atom is 0.337 e. The number of rotatable bonds is 3. The minimum absolute atomic E-state index is 0.347. The molecule has 0 saturated carbocycles. The number of aryl methyl sites for hydroxylation is 2. The van der Waals surface area contributed by atoms with Gasteiger partial charge in [0.25, 0.3) is 0 Å². The molecule has 1 heterocycles. The van der Waals surface area contributed by atoms with Gasteiger partial charge in [0, 0.05) is 22.5 Å². The number of pyridine rings is 1. The van der Waals surface area contributed by atoms with E-state index in [0.29, 0.717) is 5.56 Å². The molecule has 3 rings (SSSR count). The summed E-state index contributed by atoms with van der Waals surface area (Å²) in [4.78, 5) is 16.2. The lowest BCUT2D eigenvalue weighted by molar-refractivity contribution is 0.0601. The van der Waals surface area contributed by atoms with Crippen LogP contribution >= 0.6 is 0 Å². The lowest BCUT2D eigenvalue weighted by Gasteiger charge is -2.12. The third kappa shape index (κ3) is 3.16. The highest BCUT2D eigenvalue weighted by Crippen LogP contribution is 2.27. The predicted molar refractivity (Wildman–Crippen MR) is 92.3 cm³/mol. The Bertz CT molecular complexity index is 888. The highest BCUT2D eigenvalue weighted by atomic mass is 16.5. The summed E-state index contributed by atoms with van der Waals surface area (Å²) in [5.74, 6) is -0.347. The number of carbonyl (C=O) groups is 1. The number of esters is 1. The standard InChI is InChI=1S/C19H18N2O2/c1-12-7-8-17-16(9-12)18(10-13(2)20-17)21-15-6-4-5-14(11-15)19(22)23-3/h4-11H,1-3H3,(H,20,21). The van der Waals surface area contributed by atoms with Crippen LogP contribution in [0.3, 0.4) is 0 Å². The van der Waals surface area contributed by atoms with E-state index in [2.05, 4.69) is 29.4 Å². The van der Waals surface area contributed by atoms with Crippen LogP contribution in [0.15, 0.2) is 48.5 Å². The SMILES string of the molecule is COC(=O)c1cccc(Nc2cc(C)nc3ccc(C)cc23)c1. The Morgan fingerprint density at radius 1 is 1.09 bits per heavy atom. The zero-order valence-electron chi connectivity index (χ0n) is 13.4. The molecule has 1 aromatic heterocycles. The second-order valence-electron chi connectivity index (χ2n) is 5.53. The van der Waals surface area contributed by atoms with E-state index in [1.807, 2.05) is 31.2 Å². The van der Waals surface area contributed by atoms with Gasteiger partial charge in [0.1, 0.15) is 0 Å². The van der Waals surface area contributed by atoms with E-state index in [9.17, 15) is 4.79 Å². The van der Waals surface area contributed by atoms with Gasteiger partial charge in [-0.05, 0) is 50.2 Å². The first-order valence-electron chi connectivity index (χ1n) is 7.40. The van der Waals surface area contributed by atoms with E-state index >= 15 is 0 Å². The average molecular weight is 306 g/mol. The summed E-state index contributed by atoms with van der Waals surface area (Å²) in [6.07, 6.45) is 0. The molecular formula is C19H18N2O2. The number of anilines is 2. The number of fused-ring (bicyclic) bond motifs is 1. The number of ether oxygens (including phenoxy) is 1. The normalized spacial score (nSPS) is 10.6. The zero-order chi connectivity index (χ0) is 16.4. The van der Waals surface area contributed by atoms with Gasteiger partial charge < -0.3 is 10.1 Å². The van der Waals surface area contributed by atoms with E-state index in [-0.39, 0.29) is 5.97 Å². The summed E-state index contributed by atoms with van der Waals surface area (Å²) in [7, 11) is 1.38. The largest absolute Gasteiger partial charge is 0.465 e. The first-order valence-corrected chi connectivity index (χ1v) is 7.40. The van der Waals surface area contributed by atoms with Gasteiger partial charge in [-0.25, -0.2) is 4.79 Å². The Balaban J connectivity index is 2.04. The second kappa shape index (κ2) is 6.08. The minimum Gasteiger partial charge on any atom is -0.465 e. The third-order valence-corrected chi connectivity index (χ3v) is 3.65. The Hall–Kier alpha value is -2.88. The quantitative estimate of drug-likeness (QED) is 0.729. The lowest BCUT2D eigenvalue weighted by Crippen LogP contribution is -2.02. The number of nitrogens with zero attached hydrogens (tertiary/aromatic N) is 1. The van der Waals surface area contributed by atoms with Crippen molar-refractivity contribution in [1.29, 1.82) is 0 Å². The van der Waals surface area contributed by atoms with Gasteiger partial charge >= 0.3 is 5.97 Å². The van der Waals surface area contributed by atoms with Crippen LogP contribution in [-0.2, 0) is 4.74 Å². The Morgan fingerprint density at radius 2 is 1.91 bits per heavy atom. The van der Waals surface area contributed by atoms with Crippen LogP contribution in [0.4, 0.5) is 11.4 Å². The summed E-state index contributed by atoms with van der Waals surface area (Å²) in [6.45, 7) is 4.02. The van der Waals surface area contributed by atoms with E-state index in [1.165, 1.54) is 12.7 Å². The Labute approximate surface area is 135 Å². The van der Waals surface area contributed by atoms with Crippen molar-refractivity contribution in [2.24, 2.45) is 0 Å². The van der Waals surface area contributed by atoms with Gasteiger partial charge in [-0.1, -0.05) is 17.7 Å². The van der Waals surface area contributed by atoms with Crippen molar-refractivity contribution in [2.45, 2.75) is 13.8 Å². The lowest BCUT2D eigenvalue weighted by atomic mass is 10.1. The van der Waals surface area contributed by atoms with Gasteiger partial charge in [-0.15, -0.1) is 0 Å². The summed E-state index contributed by atoms with van der Waals surface area (Å²) in [6, 6.07) is 15.4.